The molecule has 0 fully saturated rings. The first-order chi connectivity index (χ1) is 9.43. The van der Waals surface area contributed by atoms with E-state index in [1.165, 1.54) is 0 Å². The highest BCUT2D eigenvalue weighted by atomic mass is 16.4. The van der Waals surface area contributed by atoms with Crippen LogP contribution in [0.25, 0.3) is 0 Å². The van der Waals surface area contributed by atoms with Gasteiger partial charge in [-0.15, -0.1) is 0 Å². The Balaban J connectivity index is 2.29. The van der Waals surface area contributed by atoms with E-state index < -0.39 is 30.0 Å². The van der Waals surface area contributed by atoms with Gasteiger partial charge in [0, 0.05) is 17.5 Å². The Morgan fingerprint density at radius 3 is 2.55 bits per heavy atom. The number of carbonyl (C=O) groups excluding carboxylic acids is 2. The largest absolute Gasteiger partial charge is 0.481 e. The summed E-state index contributed by atoms with van der Waals surface area (Å²) in [5, 5.41) is 8.71. The monoisotopic (exact) mass is 277 g/mol. The molecule has 0 bridgehead atoms. The lowest BCUT2D eigenvalue weighted by atomic mass is 10.1. The molecule has 1 heterocycles. The Hall–Kier alpha value is -2.41. The number of carboxylic acid groups (broad SMARTS) is 1. The van der Waals surface area contributed by atoms with Gasteiger partial charge in [-0.25, -0.2) is 0 Å². The molecule has 1 aromatic carbocycles. The molecule has 2 amide bonds. The highest BCUT2D eigenvalue weighted by molar-refractivity contribution is 6.01. The van der Waals surface area contributed by atoms with Gasteiger partial charge >= 0.3 is 5.97 Å². The van der Waals surface area contributed by atoms with Crippen LogP contribution in [-0.4, -0.2) is 33.8 Å². The number of rotatable bonds is 5. The van der Waals surface area contributed by atoms with Crippen LogP contribution in [0.2, 0.25) is 0 Å². The third kappa shape index (κ3) is 2.35. The lowest BCUT2D eigenvalue weighted by molar-refractivity contribution is -0.137. The molecular formula is C13H15N3O4. The summed E-state index contributed by atoms with van der Waals surface area (Å²) in [6.07, 6.45) is -1.11. The van der Waals surface area contributed by atoms with E-state index in [1.54, 1.807) is 24.3 Å². The van der Waals surface area contributed by atoms with Crippen molar-refractivity contribution in [3.8, 4) is 0 Å². The topological polar surface area (TPSA) is 127 Å². The Morgan fingerprint density at radius 2 is 2.00 bits per heavy atom. The molecule has 0 aliphatic carbocycles. The van der Waals surface area contributed by atoms with Gasteiger partial charge in [-0.3, -0.25) is 14.4 Å². The molecule has 1 aliphatic heterocycles. The van der Waals surface area contributed by atoms with Gasteiger partial charge in [0.15, 0.2) is 0 Å². The van der Waals surface area contributed by atoms with Gasteiger partial charge in [-0.05, 0) is 12.5 Å². The van der Waals surface area contributed by atoms with Gasteiger partial charge < -0.3 is 21.5 Å². The molecule has 20 heavy (non-hydrogen) atoms. The van der Waals surface area contributed by atoms with Crippen molar-refractivity contribution in [1.82, 2.24) is 4.90 Å². The number of nitrogens with two attached hydrogens (primary N) is 2. The third-order valence-corrected chi connectivity index (χ3v) is 3.34. The number of carboxylic acids is 1. The second-order valence-corrected chi connectivity index (χ2v) is 4.60. The summed E-state index contributed by atoms with van der Waals surface area (Å²) >= 11 is 0. The molecule has 0 aromatic heterocycles. The summed E-state index contributed by atoms with van der Waals surface area (Å²) in [5.74, 6) is -2.22. The van der Waals surface area contributed by atoms with Crippen LogP contribution < -0.4 is 11.5 Å². The van der Waals surface area contributed by atoms with Crippen molar-refractivity contribution >= 4 is 17.8 Å². The van der Waals surface area contributed by atoms with Gasteiger partial charge in [-0.1, -0.05) is 18.2 Å². The number of benzene rings is 1. The van der Waals surface area contributed by atoms with Gasteiger partial charge in [0.2, 0.25) is 5.91 Å². The smallest absolute Gasteiger partial charge is 0.303 e. The lowest BCUT2D eigenvalue weighted by Gasteiger charge is -2.29. The van der Waals surface area contributed by atoms with Crippen molar-refractivity contribution in [2.24, 2.45) is 11.5 Å². The number of primary amides is 1. The first-order valence-electron chi connectivity index (χ1n) is 6.11. The fourth-order valence-electron chi connectivity index (χ4n) is 2.38. The molecule has 7 heteroatoms. The number of amides is 2. The van der Waals surface area contributed by atoms with E-state index in [9.17, 15) is 14.4 Å². The number of hydrogen-bond donors (Lipinski definition) is 3. The molecule has 2 unspecified atom stereocenters. The second-order valence-electron chi connectivity index (χ2n) is 4.60. The Bertz CT molecular complexity index is 572. The molecule has 1 aliphatic rings. The van der Waals surface area contributed by atoms with E-state index in [4.69, 9.17) is 16.6 Å². The molecule has 1 aromatic rings. The molecule has 7 nitrogen and oxygen atoms in total. The van der Waals surface area contributed by atoms with E-state index >= 15 is 0 Å². The van der Waals surface area contributed by atoms with Crippen molar-refractivity contribution in [1.29, 1.82) is 0 Å². The number of fused-ring (bicyclic) bond motifs is 1. The molecule has 2 atom stereocenters. The quantitative estimate of drug-likeness (QED) is 0.688. The Labute approximate surface area is 115 Å². The lowest BCUT2D eigenvalue weighted by Crippen LogP contribution is -2.48. The van der Waals surface area contributed by atoms with Crippen molar-refractivity contribution in [3.05, 3.63) is 35.4 Å². The zero-order valence-corrected chi connectivity index (χ0v) is 10.7. The zero-order valence-electron chi connectivity index (χ0n) is 10.7. The molecule has 5 N–H and O–H groups in total. The Morgan fingerprint density at radius 1 is 1.35 bits per heavy atom. The summed E-state index contributed by atoms with van der Waals surface area (Å²) in [4.78, 5) is 35.6. The summed E-state index contributed by atoms with van der Waals surface area (Å²) in [7, 11) is 0. The molecule has 0 saturated heterocycles. The van der Waals surface area contributed by atoms with Crippen molar-refractivity contribution < 1.29 is 19.5 Å². The maximum absolute atomic E-state index is 12.3. The van der Waals surface area contributed by atoms with Gasteiger partial charge in [0.1, 0.15) is 12.2 Å². The molecule has 0 radical (unpaired) electrons. The summed E-state index contributed by atoms with van der Waals surface area (Å²) < 4.78 is 0. The number of carbonyl (C=O) groups is 3. The predicted octanol–water partition coefficient (Wildman–Crippen LogP) is -0.182. The molecule has 0 spiro atoms. The standard InChI is InChI=1S/C13H15N3O4/c14-11-7-3-1-2-4-8(7)13(20)16(11)9(12(15)19)5-6-10(17)18/h1-4,9,11H,5-6,14H2,(H2,15,19)(H,17,18). The minimum Gasteiger partial charge on any atom is -0.481 e. The van der Waals surface area contributed by atoms with Gasteiger partial charge in [0.05, 0.1) is 0 Å². The van der Waals surface area contributed by atoms with Crippen molar-refractivity contribution in [2.45, 2.75) is 25.0 Å². The Kier molecular flexibility index (Phi) is 3.71. The first kappa shape index (κ1) is 14.0. The average Bonchev–Trinajstić information content (AvgIpc) is 2.64. The fraction of sp³-hybridized carbons (Fsp3) is 0.308. The van der Waals surface area contributed by atoms with E-state index in [-0.39, 0.29) is 12.8 Å². The van der Waals surface area contributed by atoms with Crippen LogP contribution in [0.15, 0.2) is 24.3 Å². The van der Waals surface area contributed by atoms with E-state index in [0.717, 1.165) is 4.90 Å². The molecular weight excluding hydrogens is 262 g/mol. The second kappa shape index (κ2) is 5.30. The zero-order chi connectivity index (χ0) is 14.9. The van der Waals surface area contributed by atoms with Crippen LogP contribution in [0.3, 0.4) is 0 Å². The van der Waals surface area contributed by atoms with Gasteiger partial charge in [0.25, 0.3) is 5.91 Å². The van der Waals surface area contributed by atoms with Crippen LogP contribution in [0.5, 0.6) is 0 Å². The van der Waals surface area contributed by atoms with Gasteiger partial charge in [-0.2, -0.15) is 0 Å². The predicted molar refractivity (Wildman–Crippen MR) is 69.4 cm³/mol. The van der Waals surface area contributed by atoms with Crippen LogP contribution in [-0.2, 0) is 9.59 Å². The first-order valence-corrected chi connectivity index (χ1v) is 6.11. The van der Waals surface area contributed by atoms with Crippen LogP contribution in [0.1, 0.15) is 34.9 Å². The van der Waals surface area contributed by atoms with E-state index in [0.29, 0.717) is 11.1 Å². The summed E-state index contributed by atoms with van der Waals surface area (Å²) in [5.41, 5.74) is 12.3. The number of nitrogens with zero attached hydrogens (tertiary/aromatic N) is 1. The molecule has 2 rings (SSSR count). The van der Waals surface area contributed by atoms with E-state index in [2.05, 4.69) is 0 Å². The highest BCUT2D eigenvalue weighted by Gasteiger charge is 2.40. The third-order valence-electron chi connectivity index (χ3n) is 3.34. The van der Waals surface area contributed by atoms with E-state index in [1.807, 2.05) is 0 Å². The number of aliphatic carboxylic acids is 1. The summed E-state index contributed by atoms with van der Waals surface area (Å²) in [6.45, 7) is 0. The minimum absolute atomic E-state index is 0.0574. The maximum Gasteiger partial charge on any atom is 0.303 e. The summed E-state index contributed by atoms with van der Waals surface area (Å²) in [6, 6.07) is 5.73. The van der Waals surface area contributed by atoms with Crippen LogP contribution in [0.4, 0.5) is 0 Å². The number of hydrogen-bond acceptors (Lipinski definition) is 4. The van der Waals surface area contributed by atoms with Crippen LogP contribution in [0, 0.1) is 0 Å². The van der Waals surface area contributed by atoms with Crippen molar-refractivity contribution in [2.75, 3.05) is 0 Å². The fourth-order valence-corrected chi connectivity index (χ4v) is 2.38. The maximum atomic E-state index is 12.3. The van der Waals surface area contributed by atoms with Crippen LogP contribution >= 0.6 is 0 Å². The highest BCUT2D eigenvalue weighted by Crippen LogP contribution is 2.32. The minimum atomic E-state index is -1.06. The normalized spacial score (nSPS) is 18.8. The van der Waals surface area contributed by atoms with Crippen molar-refractivity contribution in [3.63, 3.8) is 0 Å². The molecule has 0 saturated carbocycles. The molecule has 106 valence electrons. The SMILES string of the molecule is NC(=O)C(CCC(=O)O)N1C(=O)c2ccccc2C1N. The average molecular weight is 277 g/mol.